The summed E-state index contributed by atoms with van der Waals surface area (Å²) in [5, 5.41) is 2.68. The fourth-order valence-electron chi connectivity index (χ4n) is 3.30. The normalized spacial score (nSPS) is 12.9. The number of rotatable bonds is 5. The summed E-state index contributed by atoms with van der Waals surface area (Å²) in [6.45, 7) is 4.60. The van der Waals surface area contributed by atoms with Crippen LogP contribution in [0, 0.1) is 0 Å². The van der Waals surface area contributed by atoms with Crippen LogP contribution in [-0.4, -0.2) is 43.6 Å². The molecule has 0 radical (unpaired) electrons. The van der Waals surface area contributed by atoms with E-state index in [1.165, 1.54) is 4.90 Å². The van der Waals surface area contributed by atoms with Crippen LogP contribution >= 0.6 is 0 Å². The molecule has 0 unspecified atom stereocenters. The Morgan fingerprint density at radius 1 is 1.00 bits per heavy atom. The number of carbonyl (C=O) groups is 2. The first-order chi connectivity index (χ1) is 13.9. The molecule has 1 N–H and O–H groups in total. The third-order valence-electron chi connectivity index (χ3n) is 4.70. The summed E-state index contributed by atoms with van der Waals surface area (Å²) in [6, 6.07) is 10.9. The summed E-state index contributed by atoms with van der Waals surface area (Å²) in [5.41, 5.74) is 2.50. The van der Waals surface area contributed by atoms with Crippen molar-refractivity contribution in [1.29, 1.82) is 0 Å². The number of hydrogen-bond donors (Lipinski definition) is 1. The molecule has 0 fully saturated rings. The standard InChI is InChI=1S/C22H26N2O5/c1-14(2)29-18-8-6-5-7-17(18)23-21(25)22(26)24-10-9-15-11-19(27-3)20(28-4)12-16(15)13-24/h5-8,11-12,14H,9-10,13H2,1-4H3,(H,23,25). The first kappa shape index (κ1) is 20.5. The molecule has 0 atom stereocenters. The molecule has 1 heterocycles. The molecule has 1 aliphatic heterocycles. The Hall–Kier alpha value is -3.22. The quantitative estimate of drug-likeness (QED) is 0.784. The third-order valence-corrected chi connectivity index (χ3v) is 4.70. The molecule has 3 rings (SSSR count). The predicted octanol–water partition coefficient (Wildman–Crippen LogP) is 3.01. The van der Waals surface area contributed by atoms with Crippen LogP contribution in [0.2, 0.25) is 0 Å². The average molecular weight is 398 g/mol. The van der Waals surface area contributed by atoms with Crippen LogP contribution in [0.25, 0.3) is 0 Å². The van der Waals surface area contributed by atoms with Crippen molar-refractivity contribution >= 4 is 17.5 Å². The highest BCUT2D eigenvalue weighted by Crippen LogP contribution is 2.33. The molecule has 0 saturated carbocycles. The molecule has 154 valence electrons. The molecular formula is C22H26N2O5. The minimum Gasteiger partial charge on any atom is -0.493 e. The number of nitrogens with zero attached hydrogens (tertiary/aromatic N) is 1. The SMILES string of the molecule is COc1cc2c(cc1OC)CN(C(=O)C(=O)Nc1ccccc1OC(C)C)CC2. The zero-order chi connectivity index (χ0) is 21.0. The van der Waals surface area contributed by atoms with E-state index in [2.05, 4.69) is 5.32 Å². The number of ether oxygens (including phenoxy) is 3. The molecule has 2 amide bonds. The molecule has 29 heavy (non-hydrogen) atoms. The van der Waals surface area contributed by atoms with E-state index in [4.69, 9.17) is 14.2 Å². The summed E-state index contributed by atoms with van der Waals surface area (Å²) in [6.07, 6.45) is 0.594. The van der Waals surface area contributed by atoms with Crippen molar-refractivity contribution in [2.45, 2.75) is 32.9 Å². The summed E-state index contributed by atoms with van der Waals surface area (Å²) in [4.78, 5) is 26.9. The molecule has 2 aromatic carbocycles. The number of para-hydroxylation sites is 2. The topological polar surface area (TPSA) is 77.1 Å². The molecule has 0 bridgehead atoms. The van der Waals surface area contributed by atoms with Crippen molar-refractivity contribution in [3.63, 3.8) is 0 Å². The van der Waals surface area contributed by atoms with Crippen LogP contribution in [0.15, 0.2) is 36.4 Å². The number of nitrogens with one attached hydrogen (secondary N) is 1. The summed E-state index contributed by atoms with van der Waals surface area (Å²) in [5.74, 6) is 0.526. The van der Waals surface area contributed by atoms with Gasteiger partial charge in [-0.2, -0.15) is 0 Å². The Labute approximate surface area is 170 Å². The monoisotopic (exact) mass is 398 g/mol. The van der Waals surface area contributed by atoms with Gasteiger partial charge in [-0.05, 0) is 55.7 Å². The number of methoxy groups -OCH3 is 2. The van der Waals surface area contributed by atoms with Gasteiger partial charge in [0.25, 0.3) is 0 Å². The lowest BCUT2D eigenvalue weighted by molar-refractivity contribution is -0.143. The molecule has 0 aliphatic carbocycles. The fraction of sp³-hybridized carbons (Fsp3) is 0.364. The number of amides is 2. The second-order valence-corrected chi connectivity index (χ2v) is 7.07. The Morgan fingerprint density at radius 2 is 1.66 bits per heavy atom. The van der Waals surface area contributed by atoms with Crippen LogP contribution in [0.4, 0.5) is 5.69 Å². The van der Waals surface area contributed by atoms with E-state index in [0.29, 0.717) is 42.4 Å². The van der Waals surface area contributed by atoms with Gasteiger partial charge in [-0.1, -0.05) is 12.1 Å². The van der Waals surface area contributed by atoms with Crippen molar-refractivity contribution < 1.29 is 23.8 Å². The van der Waals surface area contributed by atoms with Gasteiger partial charge in [0.05, 0.1) is 26.0 Å². The molecular weight excluding hydrogens is 372 g/mol. The van der Waals surface area contributed by atoms with Crippen molar-refractivity contribution in [2.24, 2.45) is 0 Å². The van der Waals surface area contributed by atoms with Crippen molar-refractivity contribution in [3.8, 4) is 17.2 Å². The van der Waals surface area contributed by atoms with Crippen LogP contribution in [0.3, 0.4) is 0 Å². The predicted molar refractivity (Wildman–Crippen MR) is 110 cm³/mol. The first-order valence-electron chi connectivity index (χ1n) is 9.52. The highest BCUT2D eigenvalue weighted by molar-refractivity contribution is 6.39. The third kappa shape index (κ3) is 4.62. The van der Waals surface area contributed by atoms with Crippen molar-refractivity contribution in [1.82, 2.24) is 4.90 Å². The van der Waals surface area contributed by atoms with E-state index < -0.39 is 11.8 Å². The lowest BCUT2D eigenvalue weighted by atomic mass is 9.98. The first-order valence-corrected chi connectivity index (χ1v) is 9.52. The largest absolute Gasteiger partial charge is 0.493 e. The lowest BCUT2D eigenvalue weighted by Gasteiger charge is -2.29. The van der Waals surface area contributed by atoms with Gasteiger partial charge in [-0.25, -0.2) is 0 Å². The molecule has 0 saturated heterocycles. The van der Waals surface area contributed by atoms with Gasteiger partial charge in [0.2, 0.25) is 0 Å². The highest BCUT2D eigenvalue weighted by Gasteiger charge is 2.27. The van der Waals surface area contributed by atoms with Crippen LogP contribution in [0.5, 0.6) is 17.2 Å². The Morgan fingerprint density at radius 3 is 2.31 bits per heavy atom. The average Bonchev–Trinajstić information content (AvgIpc) is 2.72. The second-order valence-electron chi connectivity index (χ2n) is 7.07. The Balaban J connectivity index is 1.73. The molecule has 7 heteroatoms. The summed E-state index contributed by atoms with van der Waals surface area (Å²) < 4.78 is 16.4. The molecule has 0 aromatic heterocycles. The number of fused-ring (bicyclic) bond motifs is 1. The number of anilines is 1. The molecule has 7 nitrogen and oxygen atoms in total. The van der Waals surface area contributed by atoms with Gasteiger partial charge in [0.15, 0.2) is 11.5 Å². The Bertz CT molecular complexity index is 910. The maximum atomic E-state index is 12.7. The summed E-state index contributed by atoms with van der Waals surface area (Å²) in [7, 11) is 3.16. The lowest BCUT2D eigenvalue weighted by Crippen LogP contribution is -2.42. The highest BCUT2D eigenvalue weighted by atomic mass is 16.5. The van der Waals surface area contributed by atoms with E-state index in [1.54, 1.807) is 32.4 Å². The summed E-state index contributed by atoms with van der Waals surface area (Å²) >= 11 is 0. The number of hydrogen-bond acceptors (Lipinski definition) is 5. The second kappa shape index (κ2) is 8.86. The maximum absolute atomic E-state index is 12.7. The van der Waals surface area contributed by atoms with Gasteiger partial charge >= 0.3 is 11.8 Å². The zero-order valence-corrected chi connectivity index (χ0v) is 17.2. The number of carbonyl (C=O) groups excluding carboxylic acids is 2. The number of benzene rings is 2. The van der Waals surface area contributed by atoms with Crippen molar-refractivity contribution in [3.05, 3.63) is 47.5 Å². The molecule has 2 aromatic rings. The van der Waals surface area contributed by atoms with Crippen molar-refractivity contribution in [2.75, 3.05) is 26.1 Å². The maximum Gasteiger partial charge on any atom is 0.314 e. The molecule has 0 spiro atoms. The zero-order valence-electron chi connectivity index (χ0n) is 17.2. The van der Waals surface area contributed by atoms with Crippen LogP contribution in [0.1, 0.15) is 25.0 Å². The van der Waals surface area contributed by atoms with E-state index in [0.717, 1.165) is 11.1 Å². The van der Waals surface area contributed by atoms with E-state index >= 15 is 0 Å². The smallest absolute Gasteiger partial charge is 0.314 e. The minimum atomic E-state index is -0.686. The fourth-order valence-corrected chi connectivity index (χ4v) is 3.30. The molecule has 1 aliphatic rings. The Kier molecular flexibility index (Phi) is 6.26. The minimum absolute atomic E-state index is 0.0469. The van der Waals surface area contributed by atoms with Gasteiger partial charge < -0.3 is 24.4 Å². The van der Waals surface area contributed by atoms with Gasteiger partial charge in [-0.3, -0.25) is 9.59 Å². The van der Waals surface area contributed by atoms with Gasteiger partial charge in [0.1, 0.15) is 5.75 Å². The van der Waals surface area contributed by atoms with E-state index in [9.17, 15) is 9.59 Å². The van der Waals surface area contributed by atoms with Crippen LogP contribution < -0.4 is 19.5 Å². The van der Waals surface area contributed by atoms with E-state index in [-0.39, 0.29) is 6.10 Å². The van der Waals surface area contributed by atoms with E-state index in [1.807, 2.05) is 32.0 Å². The van der Waals surface area contributed by atoms with Gasteiger partial charge in [-0.15, -0.1) is 0 Å². The van der Waals surface area contributed by atoms with Gasteiger partial charge in [0, 0.05) is 13.1 Å². The van der Waals surface area contributed by atoms with Crippen LogP contribution in [-0.2, 0) is 22.6 Å².